The van der Waals surface area contributed by atoms with Crippen molar-refractivity contribution in [3.05, 3.63) is 54.4 Å². The first-order chi connectivity index (χ1) is 10.2. The molecule has 0 fully saturated rings. The number of aliphatic hydroxyl groups is 1. The molecule has 0 saturated heterocycles. The molecule has 1 atom stereocenters. The number of amides is 1. The van der Waals surface area contributed by atoms with Gasteiger partial charge in [0.1, 0.15) is 0 Å². The molecular weight excluding hydrogens is 266 g/mol. The Morgan fingerprint density at radius 3 is 2.86 bits per heavy atom. The monoisotopic (exact) mass is 285 g/mol. The van der Waals surface area contributed by atoms with Gasteiger partial charge in [-0.05, 0) is 24.6 Å². The van der Waals surface area contributed by atoms with Crippen molar-refractivity contribution in [2.24, 2.45) is 0 Å². The van der Waals surface area contributed by atoms with Crippen LogP contribution in [0.4, 0.5) is 0 Å². The van der Waals surface area contributed by atoms with Gasteiger partial charge in [0.2, 0.25) is 5.91 Å². The summed E-state index contributed by atoms with van der Waals surface area (Å²) < 4.78 is 1.75. The fraction of sp³-hybridized carbons (Fsp3) is 0.250. The lowest BCUT2D eigenvalue weighted by atomic mass is 10.2. The van der Waals surface area contributed by atoms with E-state index in [4.69, 9.17) is 5.11 Å². The minimum atomic E-state index is -0.219. The van der Waals surface area contributed by atoms with Crippen molar-refractivity contribution in [2.75, 3.05) is 6.61 Å². The van der Waals surface area contributed by atoms with Crippen molar-refractivity contribution in [1.29, 1.82) is 0 Å². The van der Waals surface area contributed by atoms with Crippen molar-refractivity contribution in [2.45, 2.75) is 19.4 Å². The number of carbonyl (C=O) groups is 1. The second-order valence-corrected chi connectivity index (χ2v) is 4.68. The number of hydrogen-bond acceptors (Lipinski definition) is 3. The molecule has 2 rings (SSSR count). The maximum Gasteiger partial charge on any atom is 0.244 e. The van der Waals surface area contributed by atoms with Crippen LogP contribution in [0.15, 0.2) is 48.8 Å². The predicted octanol–water partition coefficient (Wildman–Crippen LogP) is 1.77. The standard InChI is InChI=1S/C16H19N3O2/c1-2-14(12-20)18-16(21)9-8-13-10-17-19(11-13)15-6-4-3-5-7-15/h3-11,14,20H,2,12H2,1H3,(H,18,21)/b9-8+. The number of benzene rings is 1. The molecule has 1 unspecified atom stereocenters. The normalized spacial score (nSPS) is 12.5. The van der Waals surface area contributed by atoms with E-state index in [-0.39, 0.29) is 18.6 Å². The molecule has 1 aromatic heterocycles. The molecule has 5 nitrogen and oxygen atoms in total. The van der Waals surface area contributed by atoms with Crippen LogP contribution in [0.1, 0.15) is 18.9 Å². The molecule has 0 radical (unpaired) electrons. The third-order valence-corrected chi connectivity index (χ3v) is 3.11. The smallest absolute Gasteiger partial charge is 0.244 e. The van der Waals surface area contributed by atoms with Crippen LogP contribution in [0.2, 0.25) is 0 Å². The Morgan fingerprint density at radius 2 is 2.19 bits per heavy atom. The number of nitrogens with zero attached hydrogens (tertiary/aromatic N) is 2. The van der Waals surface area contributed by atoms with E-state index in [1.807, 2.05) is 43.5 Å². The van der Waals surface area contributed by atoms with Gasteiger partial charge in [-0.15, -0.1) is 0 Å². The Balaban J connectivity index is 1.99. The predicted molar refractivity (Wildman–Crippen MR) is 81.9 cm³/mol. The highest BCUT2D eigenvalue weighted by molar-refractivity contribution is 5.91. The summed E-state index contributed by atoms with van der Waals surface area (Å²) >= 11 is 0. The zero-order valence-electron chi connectivity index (χ0n) is 11.9. The number of para-hydroxylation sites is 1. The fourth-order valence-electron chi connectivity index (χ4n) is 1.84. The van der Waals surface area contributed by atoms with Gasteiger partial charge in [0.15, 0.2) is 0 Å². The lowest BCUT2D eigenvalue weighted by Gasteiger charge is -2.11. The van der Waals surface area contributed by atoms with Gasteiger partial charge < -0.3 is 10.4 Å². The first kappa shape index (κ1) is 15.0. The van der Waals surface area contributed by atoms with Crippen LogP contribution in [-0.2, 0) is 4.79 Å². The summed E-state index contributed by atoms with van der Waals surface area (Å²) in [6.45, 7) is 1.86. The molecular formula is C16H19N3O2. The minimum Gasteiger partial charge on any atom is -0.394 e. The van der Waals surface area contributed by atoms with Crippen LogP contribution in [-0.4, -0.2) is 33.4 Å². The van der Waals surface area contributed by atoms with Gasteiger partial charge in [-0.3, -0.25) is 4.79 Å². The molecule has 2 aromatic rings. The fourth-order valence-corrected chi connectivity index (χ4v) is 1.84. The molecule has 5 heteroatoms. The molecule has 0 aliphatic heterocycles. The molecule has 0 spiro atoms. The highest BCUT2D eigenvalue weighted by Gasteiger charge is 2.06. The summed E-state index contributed by atoms with van der Waals surface area (Å²) in [7, 11) is 0. The number of aromatic nitrogens is 2. The average molecular weight is 285 g/mol. The van der Waals surface area contributed by atoms with Gasteiger partial charge in [-0.25, -0.2) is 4.68 Å². The number of nitrogens with one attached hydrogen (secondary N) is 1. The highest BCUT2D eigenvalue weighted by Crippen LogP contribution is 2.08. The summed E-state index contributed by atoms with van der Waals surface area (Å²) in [4.78, 5) is 11.7. The maximum absolute atomic E-state index is 11.7. The molecule has 110 valence electrons. The molecule has 21 heavy (non-hydrogen) atoms. The lowest BCUT2D eigenvalue weighted by Crippen LogP contribution is -2.35. The van der Waals surface area contributed by atoms with Crippen LogP contribution in [0.25, 0.3) is 11.8 Å². The van der Waals surface area contributed by atoms with Crippen LogP contribution in [0.5, 0.6) is 0 Å². The Labute approximate surface area is 123 Å². The Kier molecular flexibility index (Phi) is 5.29. The maximum atomic E-state index is 11.7. The van der Waals surface area contributed by atoms with E-state index in [1.54, 1.807) is 17.0 Å². The number of rotatable bonds is 6. The summed E-state index contributed by atoms with van der Waals surface area (Å²) in [6.07, 6.45) is 7.39. The molecule has 1 heterocycles. The summed E-state index contributed by atoms with van der Waals surface area (Å²) in [5.41, 5.74) is 1.80. The molecule has 2 N–H and O–H groups in total. The van der Waals surface area contributed by atoms with Crippen molar-refractivity contribution in [3.63, 3.8) is 0 Å². The number of carbonyl (C=O) groups excluding carboxylic acids is 1. The molecule has 0 bridgehead atoms. The number of hydrogen-bond donors (Lipinski definition) is 2. The van der Waals surface area contributed by atoms with E-state index < -0.39 is 0 Å². The first-order valence-corrected chi connectivity index (χ1v) is 6.92. The quantitative estimate of drug-likeness (QED) is 0.795. The van der Waals surface area contributed by atoms with Gasteiger partial charge in [-0.2, -0.15) is 5.10 Å². The summed E-state index contributed by atoms with van der Waals surface area (Å²) in [5.74, 6) is -0.219. The van der Waals surface area contributed by atoms with Crippen LogP contribution in [0, 0.1) is 0 Å². The molecule has 0 aliphatic rings. The topological polar surface area (TPSA) is 67.2 Å². The Bertz CT molecular complexity index is 601. The van der Waals surface area contributed by atoms with Gasteiger partial charge >= 0.3 is 0 Å². The molecule has 1 aromatic carbocycles. The second kappa shape index (κ2) is 7.40. The van der Waals surface area contributed by atoms with E-state index in [2.05, 4.69) is 10.4 Å². The Hall–Kier alpha value is -2.40. The van der Waals surface area contributed by atoms with Crippen LogP contribution in [0.3, 0.4) is 0 Å². The minimum absolute atomic E-state index is 0.0536. The summed E-state index contributed by atoms with van der Waals surface area (Å²) in [6, 6.07) is 9.55. The van der Waals surface area contributed by atoms with E-state index in [0.29, 0.717) is 6.42 Å². The molecule has 1 amide bonds. The van der Waals surface area contributed by atoms with E-state index in [9.17, 15) is 4.79 Å². The average Bonchev–Trinajstić information content (AvgIpc) is 3.00. The largest absolute Gasteiger partial charge is 0.394 e. The van der Waals surface area contributed by atoms with Crippen molar-refractivity contribution in [1.82, 2.24) is 15.1 Å². The lowest BCUT2D eigenvalue weighted by molar-refractivity contribution is -0.117. The SMILES string of the molecule is CCC(CO)NC(=O)/C=C/c1cnn(-c2ccccc2)c1. The Morgan fingerprint density at radius 1 is 1.43 bits per heavy atom. The second-order valence-electron chi connectivity index (χ2n) is 4.68. The first-order valence-electron chi connectivity index (χ1n) is 6.92. The van der Waals surface area contributed by atoms with Gasteiger partial charge in [0, 0.05) is 17.8 Å². The zero-order chi connectivity index (χ0) is 15.1. The van der Waals surface area contributed by atoms with Gasteiger partial charge in [0.05, 0.1) is 24.5 Å². The van der Waals surface area contributed by atoms with E-state index in [1.165, 1.54) is 6.08 Å². The zero-order valence-corrected chi connectivity index (χ0v) is 11.9. The van der Waals surface area contributed by atoms with Crippen molar-refractivity contribution < 1.29 is 9.90 Å². The van der Waals surface area contributed by atoms with Gasteiger partial charge in [0.25, 0.3) is 0 Å². The third-order valence-electron chi connectivity index (χ3n) is 3.11. The third kappa shape index (κ3) is 4.29. The molecule has 0 saturated carbocycles. The highest BCUT2D eigenvalue weighted by atomic mass is 16.3. The van der Waals surface area contributed by atoms with Crippen LogP contribution < -0.4 is 5.32 Å². The number of aliphatic hydroxyl groups excluding tert-OH is 1. The van der Waals surface area contributed by atoms with Gasteiger partial charge in [-0.1, -0.05) is 25.1 Å². The van der Waals surface area contributed by atoms with Crippen LogP contribution >= 0.6 is 0 Å². The van der Waals surface area contributed by atoms with E-state index in [0.717, 1.165) is 11.3 Å². The van der Waals surface area contributed by atoms with Crippen molar-refractivity contribution in [3.8, 4) is 5.69 Å². The van der Waals surface area contributed by atoms with Crippen molar-refractivity contribution >= 4 is 12.0 Å². The van der Waals surface area contributed by atoms with E-state index >= 15 is 0 Å². The summed E-state index contributed by atoms with van der Waals surface area (Å²) in [5, 5.41) is 16.0. The molecule has 0 aliphatic carbocycles.